The Hall–Kier alpha value is -1.29. The predicted octanol–water partition coefficient (Wildman–Crippen LogP) is 0.873. The molecule has 0 fully saturated rings. The first-order chi connectivity index (χ1) is 6.79. The first-order valence-corrected chi connectivity index (χ1v) is 4.86. The summed E-state index contributed by atoms with van der Waals surface area (Å²) in [5, 5.41) is 8.91. The van der Waals surface area contributed by atoms with Gasteiger partial charge in [-0.2, -0.15) is 0 Å². The lowest BCUT2D eigenvalue weighted by Gasteiger charge is -2.23. The molecular formula is C10H17N3O. The predicted molar refractivity (Wildman–Crippen MR) is 58.2 cm³/mol. The van der Waals surface area contributed by atoms with E-state index in [-0.39, 0.29) is 6.61 Å². The molecule has 1 heterocycles. The van der Waals surface area contributed by atoms with E-state index < -0.39 is 0 Å². The van der Waals surface area contributed by atoms with E-state index in [2.05, 4.69) is 11.9 Å². The topological polar surface area (TPSA) is 62.4 Å². The molecule has 0 unspecified atom stereocenters. The number of nitrogens with zero attached hydrogens (tertiary/aromatic N) is 2. The Balaban J connectivity index is 2.81. The van der Waals surface area contributed by atoms with E-state index in [4.69, 9.17) is 10.8 Å². The van der Waals surface area contributed by atoms with Crippen LogP contribution in [0.5, 0.6) is 0 Å². The number of nitrogen functional groups attached to an aromatic ring is 1. The van der Waals surface area contributed by atoms with Crippen molar-refractivity contribution in [3.8, 4) is 0 Å². The van der Waals surface area contributed by atoms with E-state index in [0.29, 0.717) is 12.2 Å². The highest BCUT2D eigenvalue weighted by Gasteiger charge is 2.08. The number of nitrogens with two attached hydrogens (primary N) is 1. The summed E-state index contributed by atoms with van der Waals surface area (Å²) in [6, 6.07) is 3.63. The van der Waals surface area contributed by atoms with Crippen LogP contribution in [-0.4, -0.2) is 29.8 Å². The van der Waals surface area contributed by atoms with Gasteiger partial charge >= 0.3 is 0 Å². The summed E-state index contributed by atoms with van der Waals surface area (Å²) in [4.78, 5) is 6.20. The largest absolute Gasteiger partial charge is 0.396 e. The van der Waals surface area contributed by atoms with Crippen LogP contribution < -0.4 is 10.6 Å². The van der Waals surface area contributed by atoms with Crippen molar-refractivity contribution < 1.29 is 5.11 Å². The van der Waals surface area contributed by atoms with Crippen LogP contribution in [0.25, 0.3) is 0 Å². The molecule has 0 atom stereocenters. The van der Waals surface area contributed by atoms with Crippen LogP contribution in [-0.2, 0) is 0 Å². The molecule has 3 N–H and O–H groups in total. The van der Waals surface area contributed by atoms with Gasteiger partial charge in [-0.3, -0.25) is 0 Å². The first kappa shape index (κ1) is 10.8. The second kappa shape index (κ2) is 5.44. The number of aliphatic hydroxyl groups is 1. The summed E-state index contributed by atoms with van der Waals surface area (Å²) < 4.78 is 0. The van der Waals surface area contributed by atoms with Gasteiger partial charge in [0.15, 0.2) is 5.82 Å². The number of pyridine rings is 1. The molecule has 0 aliphatic rings. The van der Waals surface area contributed by atoms with Gasteiger partial charge in [0, 0.05) is 19.3 Å². The van der Waals surface area contributed by atoms with Crippen molar-refractivity contribution in [3.63, 3.8) is 0 Å². The van der Waals surface area contributed by atoms with Crippen molar-refractivity contribution in [2.24, 2.45) is 0 Å². The van der Waals surface area contributed by atoms with Crippen LogP contribution in [0.4, 0.5) is 11.5 Å². The summed E-state index contributed by atoms with van der Waals surface area (Å²) in [6.45, 7) is 3.65. The molecule has 0 saturated heterocycles. The van der Waals surface area contributed by atoms with Crippen LogP contribution in [0.15, 0.2) is 18.3 Å². The van der Waals surface area contributed by atoms with Gasteiger partial charge in [0.1, 0.15) is 0 Å². The highest BCUT2D eigenvalue weighted by Crippen LogP contribution is 2.18. The second-order valence-electron chi connectivity index (χ2n) is 3.13. The number of rotatable bonds is 5. The van der Waals surface area contributed by atoms with Crippen molar-refractivity contribution in [2.75, 3.05) is 30.3 Å². The van der Waals surface area contributed by atoms with E-state index in [1.807, 2.05) is 17.0 Å². The molecule has 0 aliphatic carbocycles. The quantitative estimate of drug-likeness (QED) is 0.732. The van der Waals surface area contributed by atoms with Crippen molar-refractivity contribution in [1.29, 1.82) is 0 Å². The van der Waals surface area contributed by atoms with E-state index >= 15 is 0 Å². The number of hydrogen-bond acceptors (Lipinski definition) is 4. The van der Waals surface area contributed by atoms with Gasteiger partial charge in [-0.1, -0.05) is 6.92 Å². The van der Waals surface area contributed by atoms with E-state index in [1.165, 1.54) is 0 Å². The molecule has 0 radical (unpaired) electrons. The molecule has 14 heavy (non-hydrogen) atoms. The van der Waals surface area contributed by atoms with Gasteiger partial charge < -0.3 is 15.7 Å². The molecule has 1 aromatic rings. The zero-order chi connectivity index (χ0) is 10.4. The Morgan fingerprint density at radius 2 is 2.29 bits per heavy atom. The van der Waals surface area contributed by atoms with Crippen LogP contribution in [0.2, 0.25) is 0 Å². The lowest BCUT2D eigenvalue weighted by Crippen LogP contribution is -2.29. The van der Waals surface area contributed by atoms with Gasteiger partial charge in [0.25, 0.3) is 0 Å². The van der Waals surface area contributed by atoms with Gasteiger partial charge in [-0.25, -0.2) is 4.98 Å². The fourth-order valence-electron chi connectivity index (χ4n) is 1.39. The summed E-state index contributed by atoms with van der Waals surface area (Å²) in [5.74, 6) is 0.767. The molecular weight excluding hydrogens is 178 g/mol. The maximum atomic E-state index is 8.91. The normalized spacial score (nSPS) is 10.1. The maximum absolute atomic E-state index is 8.91. The molecule has 78 valence electrons. The van der Waals surface area contributed by atoms with E-state index in [9.17, 15) is 0 Å². The standard InChI is InChI=1S/C10H17N3O/c1-2-6-13(7-8-14)10-9(11)4-3-5-12-10/h3-5,14H,2,6-8,11H2,1H3. The summed E-state index contributed by atoms with van der Waals surface area (Å²) in [7, 11) is 0. The summed E-state index contributed by atoms with van der Waals surface area (Å²) in [6.07, 6.45) is 2.72. The maximum Gasteiger partial charge on any atom is 0.151 e. The number of aromatic nitrogens is 1. The molecule has 1 aromatic heterocycles. The lowest BCUT2D eigenvalue weighted by molar-refractivity contribution is 0.301. The Bertz CT molecular complexity index is 272. The highest BCUT2D eigenvalue weighted by molar-refractivity contribution is 5.62. The molecule has 0 bridgehead atoms. The van der Waals surface area contributed by atoms with Gasteiger partial charge in [0.2, 0.25) is 0 Å². The fraction of sp³-hybridized carbons (Fsp3) is 0.500. The summed E-state index contributed by atoms with van der Waals surface area (Å²) in [5.41, 5.74) is 6.46. The number of hydrogen-bond donors (Lipinski definition) is 2. The minimum Gasteiger partial charge on any atom is -0.396 e. The third-order valence-corrected chi connectivity index (χ3v) is 1.98. The monoisotopic (exact) mass is 195 g/mol. The second-order valence-corrected chi connectivity index (χ2v) is 3.13. The van der Waals surface area contributed by atoms with Crippen LogP contribution in [0.1, 0.15) is 13.3 Å². The minimum absolute atomic E-state index is 0.121. The average Bonchev–Trinajstić information content (AvgIpc) is 2.18. The van der Waals surface area contributed by atoms with Crippen molar-refractivity contribution in [2.45, 2.75) is 13.3 Å². The zero-order valence-electron chi connectivity index (χ0n) is 8.48. The molecule has 1 rings (SSSR count). The first-order valence-electron chi connectivity index (χ1n) is 4.86. The van der Waals surface area contributed by atoms with Crippen molar-refractivity contribution >= 4 is 11.5 Å². The fourth-order valence-corrected chi connectivity index (χ4v) is 1.39. The average molecular weight is 195 g/mol. The molecule has 0 amide bonds. The Morgan fingerprint density at radius 3 is 2.86 bits per heavy atom. The Labute approximate surface area is 84.4 Å². The lowest BCUT2D eigenvalue weighted by atomic mass is 10.3. The van der Waals surface area contributed by atoms with Crippen molar-refractivity contribution in [3.05, 3.63) is 18.3 Å². The zero-order valence-corrected chi connectivity index (χ0v) is 8.48. The molecule has 0 saturated carbocycles. The number of aliphatic hydroxyl groups excluding tert-OH is 1. The third-order valence-electron chi connectivity index (χ3n) is 1.98. The SMILES string of the molecule is CCCN(CCO)c1ncccc1N. The third kappa shape index (κ3) is 2.60. The highest BCUT2D eigenvalue weighted by atomic mass is 16.3. The van der Waals surface area contributed by atoms with E-state index in [1.54, 1.807) is 6.20 Å². The smallest absolute Gasteiger partial charge is 0.151 e. The molecule has 0 aromatic carbocycles. The van der Waals surface area contributed by atoms with Crippen molar-refractivity contribution in [1.82, 2.24) is 4.98 Å². The van der Waals surface area contributed by atoms with Crippen LogP contribution in [0.3, 0.4) is 0 Å². The molecule has 0 aliphatic heterocycles. The summed E-state index contributed by atoms with van der Waals surface area (Å²) >= 11 is 0. The van der Waals surface area contributed by atoms with Crippen LogP contribution >= 0.6 is 0 Å². The minimum atomic E-state index is 0.121. The van der Waals surface area contributed by atoms with E-state index in [0.717, 1.165) is 18.8 Å². The van der Waals surface area contributed by atoms with Gasteiger partial charge in [0.05, 0.1) is 12.3 Å². The molecule has 0 spiro atoms. The molecule has 4 heteroatoms. The van der Waals surface area contributed by atoms with Gasteiger partial charge in [-0.05, 0) is 18.6 Å². The van der Waals surface area contributed by atoms with Gasteiger partial charge in [-0.15, -0.1) is 0 Å². The Morgan fingerprint density at radius 1 is 1.50 bits per heavy atom. The van der Waals surface area contributed by atoms with Crippen LogP contribution in [0, 0.1) is 0 Å². The number of anilines is 2. The molecule has 4 nitrogen and oxygen atoms in total. The Kier molecular flexibility index (Phi) is 4.19.